The predicted molar refractivity (Wildman–Crippen MR) is 77.7 cm³/mol. The van der Waals surface area contributed by atoms with Gasteiger partial charge < -0.3 is 0 Å². The van der Waals surface area contributed by atoms with Gasteiger partial charge in [-0.25, -0.2) is 9.07 Å². The van der Waals surface area contributed by atoms with E-state index in [1.54, 1.807) is 10.8 Å². The molecule has 0 spiro atoms. The van der Waals surface area contributed by atoms with E-state index in [0.717, 1.165) is 0 Å². The van der Waals surface area contributed by atoms with Gasteiger partial charge in [-0.05, 0) is 48.0 Å². The quantitative estimate of drug-likeness (QED) is 0.481. The Morgan fingerprint density at radius 1 is 1.33 bits per heavy atom. The van der Waals surface area contributed by atoms with E-state index in [-0.39, 0.29) is 11.9 Å². The fourth-order valence-corrected chi connectivity index (χ4v) is 1.83. The van der Waals surface area contributed by atoms with E-state index >= 15 is 0 Å². The number of aromatic nitrogens is 4. The Morgan fingerprint density at radius 3 is 2.57 bits per heavy atom. The molecule has 6 heteroatoms. The second-order valence-corrected chi connectivity index (χ2v) is 4.79. The third-order valence-corrected chi connectivity index (χ3v) is 2.90. The molecule has 0 saturated carbocycles. The number of halogens is 1. The zero-order valence-electron chi connectivity index (χ0n) is 11.8. The van der Waals surface area contributed by atoms with Crippen LogP contribution in [-0.2, 0) is 4.79 Å². The normalized spacial score (nSPS) is 11.7. The Morgan fingerprint density at radius 2 is 2.00 bits per heavy atom. The lowest BCUT2D eigenvalue weighted by molar-refractivity contribution is -0.103. The first-order valence-corrected chi connectivity index (χ1v) is 6.43. The zero-order chi connectivity index (χ0) is 15.4. The van der Waals surface area contributed by atoms with Gasteiger partial charge in [0.15, 0.2) is 12.1 Å². The summed E-state index contributed by atoms with van der Waals surface area (Å²) in [6, 6.07) is 5.75. The molecular weight excluding hydrogens is 271 g/mol. The molecule has 1 aromatic carbocycles. The highest BCUT2D eigenvalue weighted by molar-refractivity contribution is 6.09. The van der Waals surface area contributed by atoms with Crippen molar-refractivity contribution >= 4 is 17.4 Å². The van der Waals surface area contributed by atoms with Crippen LogP contribution in [0.15, 0.2) is 36.9 Å². The van der Waals surface area contributed by atoms with Crippen molar-refractivity contribution in [3.05, 3.63) is 54.1 Å². The van der Waals surface area contributed by atoms with Gasteiger partial charge in [0.1, 0.15) is 5.82 Å². The van der Waals surface area contributed by atoms with Crippen molar-refractivity contribution in [2.24, 2.45) is 0 Å². The number of tetrazole rings is 1. The van der Waals surface area contributed by atoms with Crippen molar-refractivity contribution < 1.29 is 9.18 Å². The first kappa shape index (κ1) is 14.8. The highest BCUT2D eigenvalue weighted by Gasteiger charge is 2.12. The number of rotatable bonds is 5. The summed E-state index contributed by atoms with van der Waals surface area (Å²) in [6.45, 7) is 7.78. The largest absolute Gasteiger partial charge is 0.298 e. The maximum atomic E-state index is 12.9. The lowest BCUT2D eigenvalue weighted by Gasteiger charge is -2.08. The fourth-order valence-electron chi connectivity index (χ4n) is 1.83. The number of hydrogen-bond donors (Lipinski definition) is 0. The number of carbonyl (C=O) groups excluding carboxylic acids is 1. The maximum Gasteiger partial charge on any atom is 0.181 e. The molecule has 0 amide bonds. The number of allylic oxidation sites excluding steroid dienone is 3. The summed E-state index contributed by atoms with van der Waals surface area (Å²) in [4.78, 5) is 11.3. The van der Waals surface area contributed by atoms with E-state index in [0.29, 0.717) is 28.8 Å². The van der Waals surface area contributed by atoms with Crippen LogP contribution in [0.25, 0.3) is 11.1 Å². The summed E-state index contributed by atoms with van der Waals surface area (Å²) in [5.41, 5.74) is 1.51. The highest BCUT2D eigenvalue weighted by atomic mass is 19.1. The minimum atomic E-state index is -0.355. The van der Waals surface area contributed by atoms with Crippen molar-refractivity contribution in [3.8, 4) is 0 Å². The molecule has 2 rings (SSSR count). The van der Waals surface area contributed by atoms with E-state index in [4.69, 9.17) is 0 Å². The third-order valence-electron chi connectivity index (χ3n) is 2.90. The van der Waals surface area contributed by atoms with Crippen LogP contribution in [0, 0.1) is 5.82 Å². The number of nitrogens with zero attached hydrogens (tertiary/aromatic N) is 4. The van der Waals surface area contributed by atoms with Crippen LogP contribution in [0.4, 0.5) is 4.39 Å². The molecule has 21 heavy (non-hydrogen) atoms. The highest BCUT2D eigenvalue weighted by Crippen LogP contribution is 2.20. The molecule has 0 atom stereocenters. The standard InChI is InChI=1S/C15H15FN4O/c1-10(2)20-15(17-18-19-20)11(3)8-13(9-21)12-4-6-14(16)7-5-12/h4-10H,3H2,1-2H3. The monoisotopic (exact) mass is 286 g/mol. The van der Waals surface area contributed by atoms with E-state index < -0.39 is 0 Å². The van der Waals surface area contributed by atoms with Crippen LogP contribution in [0.2, 0.25) is 0 Å². The van der Waals surface area contributed by atoms with Gasteiger partial charge in [0.25, 0.3) is 0 Å². The number of carbonyl (C=O) groups is 1. The Bertz CT molecular complexity index is 686. The van der Waals surface area contributed by atoms with Crippen molar-refractivity contribution in [2.45, 2.75) is 19.9 Å². The summed E-state index contributed by atoms with van der Waals surface area (Å²) in [5, 5.41) is 11.4. The molecule has 0 fully saturated rings. The van der Waals surface area contributed by atoms with Crippen LogP contribution in [0.3, 0.4) is 0 Å². The van der Waals surface area contributed by atoms with Gasteiger partial charge >= 0.3 is 0 Å². The Balaban J connectivity index is 2.35. The molecule has 5 nitrogen and oxygen atoms in total. The average molecular weight is 286 g/mol. The first-order chi connectivity index (χ1) is 10.0. The molecule has 0 unspecified atom stereocenters. The first-order valence-electron chi connectivity index (χ1n) is 6.43. The molecule has 2 aromatic rings. The molecular formula is C15H15FN4O. The lowest BCUT2D eigenvalue weighted by atomic mass is 10.0. The second-order valence-electron chi connectivity index (χ2n) is 4.79. The van der Waals surface area contributed by atoms with Gasteiger partial charge in [-0.1, -0.05) is 18.7 Å². The molecule has 0 aliphatic carbocycles. The fraction of sp³-hybridized carbons (Fsp3) is 0.200. The predicted octanol–water partition coefficient (Wildman–Crippen LogP) is 2.69. The van der Waals surface area contributed by atoms with Crippen LogP contribution < -0.4 is 0 Å². The van der Waals surface area contributed by atoms with Crippen LogP contribution in [-0.4, -0.2) is 26.5 Å². The van der Waals surface area contributed by atoms with Crippen LogP contribution in [0.5, 0.6) is 0 Å². The zero-order valence-corrected chi connectivity index (χ0v) is 11.8. The molecule has 0 aliphatic rings. The Hall–Kier alpha value is -2.63. The summed E-state index contributed by atoms with van der Waals surface area (Å²) >= 11 is 0. The molecule has 0 N–H and O–H groups in total. The van der Waals surface area contributed by atoms with E-state index in [9.17, 15) is 9.18 Å². The lowest BCUT2D eigenvalue weighted by Crippen LogP contribution is -2.07. The van der Waals surface area contributed by atoms with Gasteiger partial charge in [0.05, 0.1) is 6.04 Å². The van der Waals surface area contributed by atoms with Crippen molar-refractivity contribution in [1.82, 2.24) is 20.2 Å². The Labute approximate surface area is 121 Å². The van der Waals surface area contributed by atoms with Crippen LogP contribution >= 0.6 is 0 Å². The molecule has 108 valence electrons. The molecule has 1 aromatic heterocycles. The smallest absolute Gasteiger partial charge is 0.181 e. The molecule has 0 saturated heterocycles. The van der Waals surface area contributed by atoms with Gasteiger partial charge in [0, 0.05) is 11.1 Å². The second kappa shape index (κ2) is 6.21. The molecule has 0 aliphatic heterocycles. The number of aldehydes is 1. The maximum absolute atomic E-state index is 12.9. The third kappa shape index (κ3) is 3.28. The minimum Gasteiger partial charge on any atom is -0.298 e. The molecule has 0 radical (unpaired) electrons. The van der Waals surface area contributed by atoms with Gasteiger partial charge in [-0.3, -0.25) is 4.79 Å². The number of hydrogen-bond acceptors (Lipinski definition) is 4. The van der Waals surface area contributed by atoms with Gasteiger partial charge in [-0.15, -0.1) is 5.10 Å². The van der Waals surface area contributed by atoms with E-state index in [1.807, 2.05) is 13.8 Å². The molecule has 1 heterocycles. The van der Waals surface area contributed by atoms with Crippen LogP contribution in [0.1, 0.15) is 31.3 Å². The van der Waals surface area contributed by atoms with Crippen molar-refractivity contribution in [1.29, 1.82) is 0 Å². The summed E-state index contributed by atoms with van der Waals surface area (Å²) in [5.74, 6) is 0.137. The van der Waals surface area contributed by atoms with Crippen molar-refractivity contribution in [2.75, 3.05) is 0 Å². The Kier molecular flexibility index (Phi) is 4.37. The van der Waals surface area contributed by atoms with E-state index in [2.05, 4.69) is 22.1 Å². The SMILES string of the molecule is C=C(C=C(C=O)c1ccc(F)cc1)c1nnnn1C(C)C. The summed E-state index contributed by atoms with van der Waals surface area (Å²) < 4.78 is 14.5. The van der Waals surface area contributed by atoms with E-state index in [1.165, 1.54) is 24.3 Å². The minimum absolute atomic E-state index is 0.0747. The molecule has 0 bridgehead atoms. The summed E-state index contributed by atoms with van der Waals surface area (Å²) in [6.07, 6.45) is 2.28. The van der Waals surface area contributed by atoms with Gasteiger partial charge in [0.2, 0.25) is 0 Å². The average Bonchev–Trinajstić information content (AvgIpc) is 2.95. The summed E-state index contributed by atoms with van der Waals surface area (Å²) in [7, 11) is 0. The van der Waals surface area contributed by atoms with Crippen molar-refractivity contribution in [3.63, 3.8) is 0 Å². The number of benzene rings is 1. The van der Waals surface area contributed by atoms with Gasteiger partial charge in [-0.2, -0.15) is 0 Å². The topological polar surface area (TPSA) is 60.7 Å².